The number of ether oxygens (including phenoxy) is 1. The molecule has 0 atom stereocenters. The van der Waals surface area contributed by atoms with Gasteiger partial charge in [-0.3, -0.25) is 14.3 Å². The van der Waals surface area contributed by atoms with E-state index in [0.717, 1.165) is 35.8 Å². The first-order chi connectivity index (χ1) is 15.1. The molecule has 1 N–H and O–H groups in total. The molecule has 3 aromatic rings. The molecule has 162 valence electrons. The topological polar surface area (TPSA) is 81.9 Å². The van der Waals surface area contributed by atoms with Gasteiger partial charge in [-0.15, -0.1) is 10.2 Å². The number of nitrogens with one attached hydrogen (secondary N) is 1. The molecule has 0 saturated heterocycles. The highest BCUT2D eigenvalue weighted by Crippen LogP contribution is 2.29. The fourth-order valence-corrected chi connectivity index (χ4v) is 4.58. The molecule has 2 heterocycles. The van der Waals surface area contributed by atoms with E-state index in [1.807, 2.05) is 41.0 Å². The van der Waals surface area contributed by atoms with Crippen LogP contribution < -0.4 is 10.1 Å². The minimum atomic E-state index is 0.0410. The summed E-state index contributed by atoms with van der Waals surface area (Å²) in [7, 11) is 1.64. The van der Waals surface area contributed by atoms with Crippen LogP contribution in [0.4, 0.5) is 0 Å². The van der Waals surface area contributed by atoms with E-state index in [1.165, 1.54) is 24.6 Å². The van der Waals surface area contributed by atoms with Crippen molar-refractivity contribution in [3.63, 3.8) is 0 Å². The zero-order valence-corrected chi connectivity index (χ0v) is 18.6. The van der Waals surface area contributed by atoms with Gasteiger partial charge in [-0.05, 0) is 68.0 Å². The number of benzene rings is 1. The highest BCUT2D eigenvalue weighted by Gasteiger charge is 2.21. The lowest BCUT2D eigenvalue weighted by molar-refractivity contribution is -0.119. The summed E-state index contributed by atoms with van der Waals surface area (Å²) >= 11 is 1.40. The number of thioether (sulfide) groups is 1. The third-order valence-corrected chi connectivity index (χ3v) is 6.54. The van der Waals surface area contributed by atoms with Gasteiger partial charge in [0, 0.05) is 29.7 Å². The van der Waals surface area contributed by atoms with Gasteiger partial charge in [0.15, 0.2) is 11.0 Å². The third-order valence-electron chi connectivity index (χ3n) is 5.62. The Hall–Kier alpha value is -2.87. The van der Waals surface area contributed by atoms with Gasteiger partial charge in [0.2, 0.25) is 5.91 Å². The lowest BCUT2D eigenvalue weighted by atomic mass is 9.87. The van der Waals surface area contributed by atoms with Crippen LogP contribution >= 0.6 is 11.8 Å². The molecule has 1 amide bonds. The molecule has 0 bridgehead atoms. The molecular formula is C23H27N5O2S. The number of hydrogen-bond donors (Lipinski definition) is 1. The van der Waals surface area contributed by atoms with Crippen LogP contribution in [0.15, 0.2) is 53.9 Å². The molecule has 4 rings (SSSR count). The van der Waals surface area contributed by atoms with Gasteiger partial charge < -0.3 is 10.1 Å². The molecule has 1 fully saturated rings. The monoisotopic (exact) mass is 437 g/mol. The Morgan fingerprint density at radius 1 is 1.10 bits per heavy atom. The van der Waals surface area contributed by atoms with E-state index in [-0.39, 0.29) is 11.9 Å². The smallest absolute Gasteiger partial charge is 0.230 e. The highest BCUT2D eigenvalue weighted by molar-refractivity contribution is 7.99. The highest BCUT2D eigenvalue weighted by atomic mass is 32.2. The number of methoxy groups -OCH3 is 1. The second kappa shape index (κ2) is 9.96. The summed E-state index contributed by atoms with van der Waals surface area (Å²) in [5.74, 6) is 2.59. The van der Waals surface area contributed by atoms with Gasteiger partial charge in [-0.2, -0.15) is 0 Å². The standard InChI is InChI=1S/C23H27N5O2S/c1-16-3-5-18(6-4-16)25-21(29)15-31-23-27-26-22(17-11-13-24-14-12-17)28(23)19-7-9-20(30-2)10-8-19/h7-14,16,18H,3-6,15H2,1-2H3,(H,25,29). The number of pyridine rings is 1. The third kappa shape index (κ3) is 5.25. The normalized spacial score (nSPS) is 18.5. The van der Waals surface area contributed by atoms with Gasteiger partial charge in [-0.1, -0.05) is 18.7 Å². The molecule has 0 aliphatic heterocycles. The average Bonchev–Trinajstić information content (AvgIpc) is 3.24. The quantitative estimate of drug-likeness (QED) is 0.560. The van der Waals surface area contributed by atoms with E-state index >= 15 is 0 Å². The van der Waals surface area contributed by atoms with Gasteiger partial charge in [0.25, 0.3) is 0 Å². The first-order valence-electron chi connectivity index (χ1n) is 10.6. The van der Waals surface area contributed by atoms with Crippen LogP contribution in [-0.4, -0.2) is 44.6 Å². The van der Waals surface area contributed by atoms with E-state index in [0.29, 0.717) is 16.7 Å². The summed E-state index contributed by atoms with van der Waals surface area (Å²) in [5.41, 5.74) is 1.81. The fourth-order valence-electron chi connectivity index (χ4n) is 3.82. The van der Waals surface area contributed by atoms with Crippen LogP contribution in [0.3, 0.4) is 0 Å². The number of amides is 1. The van der Waals surface area contributed by atoms with E-state index in [9.17, 15) is 4.79 Å². The minimum Gasteiger partial charge on any atom is -0.497 e. The molecule has 1 aliphatic carbocycles. The Bertz CT molecular complexity index is 999. The first-order valence-corrected chi connectivity index (χ1v) is 11.5. The van der Waals surface area contributed by atoms with Crippen molar-refractivity contribution in [2.24, 2.45) is 5.92 Å². The maximum Gasteiger partial charge on any atom is 0.230 e. The van der Waals surface area contributed by atoms with Gasteiger partial charge >= 0.3 is 0 Å². The van der Waals surface area contributed by atoms with Crippen molar-refractivity contribution in [2.75, 3.05) is 12.9 Å². The van der Waals surface area contributed by atoms with E-state index in [4.69, 9.17) is 4.74 Å². The molecule has 0 unspecified atom stereocenters. The average molecular weight is 438 g/mol. The summed E-state index contributed by atoms with van der Waals surface area (Å²) < 4.78 is 7.25. The molecule has 1 aliphatic rings. The summed E-state index contributed by atoms with van der Waals surface area (Å²) in [6, 6.07) is 11.8. The van der Waals surface area contributed by atoms with Crippen molar-refractivity contribution in [3.8, 4) is 22.8 Å². The van der Waals surface area contributed by atoms with Crippen LogP contribution in [0.5, 0.6) is 5.75 Å². The fraction of sp³-hybridized carbons (Fsp3) is 0.391. The maximum atomic E-state index is 12.6. The predicted octanol–water partition coefficient (Wildman–Crippen LogP) is 4.12. The van der Waals surface area contributed by atoms with Crippen LogP contribution in [0, 0.1) is 5.92 Å². The molecule has 31 heavy (non-hydrogen) atoms. The lowest BCUT2D eigenvalue weighted by Gasteiger charge is -2.26. The number of carbonyl (C=O) groups excluding carboxylic acids is 1. The van der Waals surface area contributed by atoms with Crippen molar-refractivity contribution >= 4 is 17.7 Å². The number of rotatable bonds is 7. The van der Waals surface area contributed by atoms with Crippen molar-refractivity contribution < 1.29 is 9.53 Å². The molecule has 7 nitrogen and oxygen atoms in total. The molecule has 2 aromatic heterocycles. The Morgan fingerprint density at radius 3 is 2.48 bits per heavy atom. The van der Waals surface area contributed by atoms with Crippen LogP contribution in [-0.2, 0) is 4.79 Å². The van der Waals surface area contributed by atoms with Crippen molar-refractivity contribution in [2.45, 2.75) is 43.8 Å². The summed E-state index contributed by atoms with van der Waals surface area (Å²) in [6.07, 6.45) is 7.94. The van der Waals surface area contributed by atoms with Gasteiger partial charge in [-0.25, -0.2) is 0 Å². The zero-order chi connectivity index (χ0) is 21.6. The lowest BCUT2D eigenvalue weighted by Crippen LogP contribution is -2.38. The van der Waals surface area contributed by atoms with Crippen LogP contribution in [0.2, 0.25) is 0 Å². The van der Waals surface area contributed by atoms with E-state index < -0.39 is 0 Å². The van der Waals surface area contributed by atoms with Crippen molar-refractivity contribution in [3.05, 3.63) is 48.8 Å². The summed E-state index contributed by atoms with van der Waals surface area (Å²) in [5, 5.41) is 12.6. The first kappa shape index (κ1) is 21.4. The zero-order valence-electron chi connectivity index (χ0n) is 17.8. The van der Waals surface area contributed by atoms with Crippen LogP contribution in [0.1, 0.15) is 32.6 Å². The second-order valence-corrected chi connectivity index (χ2v) is 8.83. The molecule has 1 saturated carbocycles. The Balaban J connectivity index is 1.53. The maximum absolute atomic E-state index is 12.6. The molecule has 0 spiro atoms. The van der Waals surface area contributed by atoms with Gasteiger partial charge in [0.1, 0.15) is 5.75 Å². The molecule has 8 heteroatoms. The summed E-state index contributed by atoms with van der Waals surface area (Å²) in [4.78, 5) is 16.7. The van der Waals surface area contributed by atoms with Crippen molar-refractivity contribution in [1.82, 2.24) is 25.1 Å². The largest absolute Gasteiger partial charge is 0.497 e. The summed E-state index contributed by atoms with van der Waals surface area (Å²) in [6.45, 7) is 2.28. The van der Waals surface area contributed by atoms with E-state index in [1.54, 1.807) is 19.5 Å². The van der Waals surface area contributed by atoms with E-state index in [2.05, 4.69) is 27.4 Å². The minimum absolute atomic E-state index is 0.0410. The Morgan fingerprint density at radius 2 is 1.81 bits per heavy atom. The predicted molar refractivity (Wildman–Crippen MR) is 121 cm³/mol. The molecule has 0 radical (unpaired) electrons. The number of aromatic nitrogens is 4. The SMILES string of the molecule is COc1ccc(-n2c(SCC(=O)NC3CCC(C)CC3)nnc2-c2ccncc2)cc1. The number of nitrogens with zero attached hydrogens (tertiary/aromatic N) is 4. The van der Waals surface area contributed by atoms with Gasteiger partial charge in [0.05, 0.1) is 12.9 Å². The molecule has 1 aromatic carbocycles. The van der Waals surface area contributed by atoms with Crippen LogP contribution in [0.25, 0.3) is 17.1 Å². The number of carbonyl (C=O) groups is 1. The van der Waals surface area contributed by atoms with Crippen molar-refractivity contribution in [1.29, 1.82) is 0 Å². The Labute approximate surface area is 186 Å². The Kier molecular flexibility index (Phi) is 6.86. The number of hydrogen-bond acceptors (Lipinski definition) is 6. The second-order valence-electron chi connectivity index (χ2n) is 7.89. The molecular weight excluding hydrogens is 410 g/mol.